The van der Waals surface area contributed by atoms with Gasteiger partial charge in [-0.1, -0.05) is 6.07 Å². The summed E-state index contributed by atoms with van der Waals surface area (Å²) < 4.78 is 20.5. The Labute approximate surface area is 138 Å². The third-order valence-electron chi connectivity index (χ3n) is 3.69. The number of rotatable bonds is 5. The average Bonchev–Trinajstić information content (AvgIpc) is 2.61. The molecule has 0 aromatic heterocycles. The Morgan fingerprint density at radius 3 is 2.38 bits per heavy atom. The molecular formula is C15H20O9. The highest BCUT2D eigenvalue weighted by Gasteiger charge is 2.45. The molecule has 0 aliphatic carbocycles. The fourth-order valence-electron chi connectivity index (χ4n) is 2.37. The Hall–Kier alpha value is -1.91. The van der Waals surface area contributed by atoms with Crippen LogP contribution < -0.4 is 9.47 Å². The SMILES string of the molecule is COC(=O)c1c(OC)cccc1O[C@@H]1O[C@H](CO)[C@@H](O)[C@H](O)[C@H]1O. The summed E-state index contributed by atoms with van der Waals surface area (Å²) >= 11 is 0. The van der Waals surface area contributed by atoms with E-state index in [4.69, 9.17) is 14.2 Å². The summed E-state index contributed by atoms with van der Waals surface area (Å²) in [6, 6.07) is 4.49. The number of carbonyl (C=O) groups excluding carboxylic acids is 1. The molecule has 1 aromatic rings. The molecular weight excluding hydrogens is 324 g/mol. The number of hydrogen-bond donors (Lipinski definition) is 4. The van der Waals surface area contributed by atoms with Crippen LogP contribution in [0, 0.1) is 0 Å². The van der Waals surface area contributed by atoms with E-state index in [2.05, 4.69) is 4.74 Å². The molecule has 4 N–H and O–H groups in total. The lowest BCUT2D eigenvalue weighted by Crippen LogP contribution is -2.60. The summed E-state index contributed by atoms with van der Waals surface area (Å²) in [5.41, 5.74) is -0.0283. The first kappa shape index (κ1) is 18.4. The van der Waals surface area contributed by atoms with Crippen LogP contribution in [0.2, 0.25) is 0 Å². The van der Waals surface area contributed by atoms with Crippen molar-refractivity contribution in [1.82, 2.24) is 0 Å². The smallest absolute Gasteiger partial charge is 0.345 e. The predicted molar refractivity (Wildman–Crippen MR) is 78.7 cm³/mol. The lowest BCUT2D eigenvalue weighted by molar-refractivity contribution is -0.277. The van der Waals surface area contributed by atoms with Crippen molar-refractivity contribution in [2.75, 3.05) is 20.8 Å². The molecule has 0 spiro atoms. The Bertz CT molecular complexity index is 574. The van der Waals surface area contributed by atoms with Crippen LogP contribution in [-0.4, -0.2) is 77.9 Å². The standard InChI is InChI=1S/C15H20O9/c1-21-7-4-3-5-8(10(7)14(20)22-2)23-15-13(19)12(18)11(17)9(6-16)24-15/h3-5,9,11-13,15-19H,6H2,1-2H3/t9-,11-,12+,13-,15-/m1/s1. The number of ether oxygens (including phenoxy) is 4. The fraction of sp³-hybridized carbons (Fsp3) is 0.533. The number of benzene rings is 1. The van der Waals surface area contributed by atoms with Gasteiger partial charge in [-0.25, -0.2) is 4.79 Å². The first-order chi connectivity index (χ1) is 11.4. The summed E-state index contributed by atoms with van der Waals surface area (Å²) in [6.45, 7) is -0.590. The summed E-state index contributed by atoms with van der Waals surface area (Å²) in [6.07, 6.45) is -7.24. The second-order valence-electron chi connectivity index (χ2n) is 5.14. The van der Waals surface area contributed by atoms with E-state index in [0.29, 0.717) is 0 Å². The molecule has 0 bridgehead atoms. The lowest BCUT2D eigenvalue weighted by atomic mass is 9.99. The Kier molecular flexibility index (Phi) is 5.97. The molecule has 0 amide bonds. The van der Waals surface area contributed by atoms with Crippen LogP contribution in [0.1, 0.15) is 10.4 Å². The van der Waals surface area contributed by atoms with Gasteiger partial charge in [0.15, 0.2) is 0 Å². The number of aliphatic hydroxyl groups is 4. The Balaban J connectivity index is 2.31. The summed E-state index contributed by atoms with van der Waals surface area (Å²) in [5, 5.41) is 38.7. The van der Waals surface area contributed by atoms with Crippen LogP contribution in [0.3, 0.4) is 0 Å². The molecule has 1 fully saturated rings. The molecule has 0 saturated carbocycles. The summed E-state index contributed by atoms with van der Waals surface area (Å²) in [5.74, 6) is -0.554. The molecule has 9 heteroatoms. The Morgan fingerprint density at radius 2 is 1.79 bits per heavy atom. The third-order valence-corrected chi connectivity index (χ3v) is 3.69. The monoisotopic (exact) mass is 344 g/mol. The van der Waals surface area contributed by atoms with Gasteiger partial charge in [-0.05, 0) is 12.1 Å². The molecule has 1 aliphatic heterocycles. The quantitative estimate of drug-likeness (QED) is 0.479. The lowest BCUT2D eigenvalue weighted by Gasteiger charge is -2.39. The first-order valence-corrected chi connectivity index (χ1v) is 7.17. The van der Waals surface area contributed by atoms with E-state index in [1.54, 1.807) is 6.07 Å². The fourth-order valence-corrected chi connectivity index (χ4v) is 2.37. The minimum atomic E-state index is -1.60. The largest absolute Gasteiger partial charge is 0.496 e. The molecule has 1 aliphatic rings. The maximum atomic E-state index is 12.0. The van der Waals surface area contributed by atoms with E-state index >= 15 is 0 Å². The van der Waals surface area contributed by atoms with Crippen molar-refractivity contribution >= 4 is 5.97 Å². The molecule has 134 valence electrons. The van der Waals surface area contributed by atoms with Crippen LogP contribution in [-0.2, 0) is 9.47 Å². The van der Waals surface area contributed by atoms with Gasteiger partial charge in [-0.15, -0.1) is 0 Å². The van der Waals surface area contributed by atoms with Crippen molar-refractivity contribution in [1.29, 1.82) is 0 Å². The van der Waals surface area contributed by atoms with Gasteiger partial charge in [0, 0.05) is 0 Å². The van der Waals surface area contributed by atoms with E-state index in [9.17, 15) is 25.2 Å². The second-order valence-corrected chi connectivity index (χ2v) is 5.14. The number of aliphatic hydroxyl groups excluding tert-OH is 4. The highest BCUT2D eigenvalue weighted by atomic mass is 16.7. The van der Waals surface area contributed by atoms with Crippen molar-refractivity contribution in [3.63, 3.8) is 0 Å². The van der Waals surface area contributed by atoms with Gasteiger partial charge in [-0.3, -0.25) is 0 Å². The van der Waals surface area contributed by atoms with Crippen molar-refractivity contribution in [3.05, 3.63) is 23.8 Å². The van der Waals surface area contributed by atoms with Crippen LogP contribution >= 0.6 is 0 Å². The van der Waals surface area contributed by atoms with Crippen molar-refractivity contribution in [2.45, 2.75) is 30.7 Å². The van der Waals surface area contributed by atoms with Gasteiger partial charge in [0.25, 0.3) is 0 Å². The third kappa shape index (κ3) is 3.45. The molecule has 5 atom stereocenters. The zero-order valence-corrected chi connectivity index (χ0v) is 13.2. The number of esters is 1. The van der Waals surface area contributed by atoms with Crippen LogP contribution in [0.15, 0.2) is 18.2 Å². The molecule has 1 heterocycles. The van der Waals surface area contributed by atoms with Crippen LogP contribution in [0.5, 0.6) is 11.5 Å². The van der Waals surface area contributed by atoms with Gasteiger partial charge in [0.2, 0.25) is 6.29 Å². The average molecular weight is 344 g/mol. The zero-order valence-electron chi connectivity index (χ0n) is 13.2. The number of carbonyl (C=O) groups is 1. The van der Waals surface area contributed by atoms with E-state index in [0.717, 1.165) is 0 Å². The maximum Gasteiger partial charge on any atom is 0.345 e. The normalized spacial score (nSPS) is 29.8. The maximum absolute atomic E-state index is 12.0. The van der Waals surface area contributed by atoms with Crippen molar-refractivity contribution in [3.8, 4) is 11.5 Å². The van der Waals surface area contributed by atoms with Crippen molar-refractivity contribution in [2.24, 2.45) is 0 Å². The number of hydrogen-bond acceptors (Lipinski definition) is 9. The van der Waals surface area contributed by atoms with E-state index < -0.39 is 43.3 Å². The van der Waals surface area contributed by atoms with E-state index in [1.807, 2.05) is 0 Å². The van der Waals surface area contributed by atoms with Crippen LogP contribution in [0.4, 0.5) is 0 Å². The molecule has 1 aromatic carbocycles. The first-order valence-electron chi connectivity index (χ1n) is 7.17. The minimum Gasteiger partial charge on any atom is -0.496 e. The highest BCUT2D eigenvalue weighted by Crippen LogP contribution is 2.32. The molecule has 24 heavy (non-hydrogen) atoms. The van der Waals surface area contributed by atoms with Crippen molar-refractivity contribution < 1.29 is 44.2 Å². The molecule has 0 unspecified atom stereocenters. The van der Waals surface area contributed by atoms with E-state index in [-0.39, 0.29) is 17.1 Å². The summed E-state index contributed by atoms with van der Waals surface area (Å²) in [4.78, 5) is 12.0. The predicted octanol–water partition coefficient (Wildman–Crippen LogP) is -1.34. The zero-order chi connectivity index (χ0) is 17.9. The molecule has 2 rings (SSSR count). The van der Waals surface area contributed by atoms with Crippen LogP contribution in [0.25, 0.3) is 0 Å². The van der Waals surface area contributed by atoms with Gasteiger partial charge in [-0.2, -0.15) is 0 Å². The number of methoxy groups -OCH3 is 2. The van der Waals surface area contributed by atoms with Gasteiger partial charge < -0.3 is 39.4 Å². The summed E-state index contributed by atoms with van der Waals surface area (Å²) in [7, 11) is 2.55. The van der Waals surface area contributed by atoms with E-state index in [1.165, 1.54) is 26.4 Å². The topological polar surface area (TPSA) is 135 Å². The minimum absolute atomic E-state index is 0.00877. The second kappa shape index (κ2) is 7.77. The van der Waals surface area contributed by atoms with Gasteiger partial charge in [0.05, 0.1) is 20.8 Å². The van der Waals surface area contributed by atoms with Gasteiger partial charge >= 0.3 is 5.97 Å². The molecule has 0 radical (unpaired) electrons. The van der Waals surface area contributed by atoms with Gasteiger partial charge in [0.1, 0.15) is 41.5 Å². The Morgan fingerprint density at radius 1 is 1.12 bits per heavy atom. The molecule has 9 nitrogen and oxygen atoms in total. The highest BCUT2D eigenvalue weighted by molar-refractivity contribution is 5.95. The molecule has 1 saturated heterocycles.